The van der Waals surface area contributed by atoms with Crippen LogP contribution in [0.5, 0.6) is 0 Å². The predicted octanol–water partition coefficient (Wildman–Crippen LogP) is 2.54. The van der Waals surface area contributed by atoms with Crippen LogP contribution in [-0.2, 0) is 6.42 Å². The maximum Gasteiger partial charge on any atom is 0.335 e. The maximum absolute atomic E-state index is 11.5. The molecular weight excluding hydrogens is 326 g/mol. The molecule has 1 aromatic heterocycles. The van der Waals surface area contributed by atoms with Gasteiger partial charge in [-0.05, 0) is 34.1 Å². The first-order valence-corrected chi connectivity index (χ1v) is 6.69. The number of carboxylic acid groups (broad SMARTS) is 1. The van der Waals surface area contributed by atoms with Gasteiger partial charge in [0.2, 0.25) is 0 Å². The molecular formula is C13H12BrN3O3. The molecule has 1 heterocycles. The van der Waals surface area contributed by atoms with Gasteiger partial charge < -0.3 is 15.4 Å². The van der Waals surface area contributed by atoms with E-state index >= 15 is 0 Å². The average Bonchev–Trinajstić information content (AvgIpc) is 2.40. The van der Waals surface area contributed by atoms with Crippen molar-refractivity contribution in [2.45, 2.75) is 13.3 Å². The summed E-state index contributed by atoms with van der Waals surface area (Å²) >= 11 is 3.29. The highest BCUT2D eigenvalue weighted by Crippen LogP contribution is 2.26. The summed E-state index contributed by atoms with van der Waals surface area (Å²) in [5.41, 5.74) is 0.573. The largest absolute Gasteiger partial charge is 0.478 e. The van der Waals surface area contributed by atoms with Crippen molar-refractivity contribution in [1.29, 1.82) is 0 Å². The van der Waals surface area contributed by atoms with Crippen molar-refractivity contribution in [2.75, 3.05) is 5.32 Å². The lowest BCUT2D eigenvalue weighted by atomic mass is 10.2. The van der Waals surface area contributed by atoms with Crippen molar-refractivity contribution in [3.05, 3.63) is 50.5 Å². The number of hydrogen-bond acceptors (Lipinski definition) is 4. The fourth-order valence-corrected chi connectivity index (χ4v) is 2.10. The molecule has 2 rings (SSSR count). The van der Waals surface area contributed by atoms with Crippen molar-refractivity contribution < 1.29 is 9.90 Å². The van der Waals surface area contributed by atoms with Gasteiger partial charge in [0, 0.05) is 17.0 Å². The van der Waals surface area contributed by atoms with Crippen LogP contribution in [0.3, 0.4) is 0 Å². The number of H-pyrrole nitrogens is 1. The minimum Gasteiger partial charge on any atom is -0.478 e. The number of nitrogens with one attached hydrogen (secondary N) is 2. The Hall–Kier alpha value is -2.15. The maximum atomic E-state index is 11.5. The quantitative estimate of drug-likeness (QED) is 0.796. The first-order valence-electron chi connectivity index (χ1n) is 5.89. The number of aryl methyl sites for hydroxylation is 1. The van der Waals surface area contributed by atoms with Crippen molar-refractivity contribution in [2.24, 2.45) is 0 Å². The molecule has 0 spiro atoms. The summed E-state index contributed by atoms with van der Waals surface area (Å²) in [6.45, 7) is 1.89. The van der Waals surface area contributed by atoms with E-state index in [9.17, 15) is 9.59 Å². The Kier molecular flexibility index (Phi) is 4.19. The number of anilines is 2. The summed E-state index contributed by atoms with van der Waals surface area (Å²) in [4.78, 5) is 29.2. The molecule has 0 unspecified atom stereocenters. The minimum absolute atomic E-state index is 0.176. The smallest absolute Gasteiger partial charge is 0.335 e. The Morgan fingerprint density at radius 2 is 2.20 bits per heavy atom. The molecule has 0 radical (unpaired) electrons. The van der Waals surface area contributed by atoms with Gasteiger partial charge in [0.25, 0.3) is 5.56 Å². The molecule has 7 heteroatoms. The molecule has 0 fully saturated rings. The minimum atomic E-state index is -1.00. The van der Waals surface area contributed by atoms with E-state index in [-0.39, 0.29) is 11.1 Å². The van der Waals surface area contributed by atoms with Crippen LogP contribution >= 0.6 is 15.9 Å². The van der Waals surface area contributed by atoms with Gasteiger partial charge in [-0.1, -0.05) is 6.92 Å². The molecule has 2 aromatic rings. The average molecular weight is 338 g/mol. The Balaban J connectivity index is 2.32. The lowest BCUT2D eigenvalue weighted by Gasteiger charge is -2.09. The first kappa shape index (κ1) is 14.3. The number of carboxylic acids is 1. The predicted molar refractivity (Wildman–Crippen MR) is 78.6 cm³/mol. The molecule has 104 valence electrons. The van der Waals surface area contributed by atoms with E-state index < -0.39 is 5.97 Å². The molecule has 0 amide bonds. The third-order valence-corrected chi connectivity index (χ3v) is 3.26. The van der Waals surface area contributed by atoms with Crippen LogP contribution in [0.15, 0.2) is 33.5 Å². The Morgan fingerprint density at radius 1 is 1.45 bits per heavy atom. The molecule has 20 heavy (non-hydrogen) atoms. The highest BCUT2D eigenvalue weighted by Gasteiger charge is 2.08. The third-order valence-electron chi connectivity index (χ3n) is 2.60. The molecule has 6 nitrogen and oxygen atoms in total. The normalized spacial score (nSPS) is 10.3. The topological polar surface area (TPSA) is 95.1 Å². The number of aromatic amines is 1. The molecule has 3 N–H and O–H groups in total. The number of aromatic nitrogens is 2. The second-order valence-corrected chi connectivity index (χ2v) is 4.91. The van der Waals surface area contributed by atoms with Gasteiger partial charge in [-0.25, -0.2) is 9.78 Å². The standard InChI is InChI=1S/C13H12BrN3O3/c1-2-10-16-11(6-12(18)17-10)15-9-4-3-7(13(19)20)5-8(9)14/h3-6H,2H2,1H3,(H,19,20)(H2,15,16,17,18). The van der Waals surface area contributed by atoms with E-state index in [0.717, 1.165) is 0 Å². The number of nitrogens with zero attached hydrogens (tertiary/aromatic N) is 1. The van der Waals surface area contributed by atoms with Crippen LogP contribution in [0.2, 0.25) is 0 Å². The van der Waals surface area contributed by atoms with Crippen LogP contribution in [-0.4, -0.2) is 21.0 Å². The highest BCUT2D eigenvalue weighted by molar-refractivity contribution is 9.10. The lowest BCUT2D eigenvalue weighted by Crippen LogP contribution is -2.11. The lowest BCUT2D eigenvalue weighted by molar-refractivity contribution is 0.0697. The van der Waals surface area contributed by atoms with Crippen LogP contribution in [0.25, 0.3) is 0 Å². The van der Waals surface area contributed by atoms with Crippen LogP contribution < -0.4 is 10.9 Å². The van der Waals surface area contributed by atoms with E-state index in [2.05, 4.69) is 31.2 Å². The monoisotopic (exact) mass is 337 g/mol. The molecule has 0 saturated carbocycles. The SMILES string of the molecule is CCc1nc(Nc2ccc(C(=O)O)cc2Br)cc(=O)[nH]1. The van der Waals surface area contributed by atoms with Gasteiger partial charge >= 0.3 is 5.97 Å². The summed E-state index contributed by atoms with van der Waals surface area (Å²) in [5.74, 6) is -0.00699. The van der Waals surface area contributed by atoms with Gasteiger partial charge in [0.1, 0.15) is 11.6 Å². The Labute approximate surface area is 123 Å². The van der Waals surface area contributed by atoms with Crippen LogP contribution in [0.4, 0.5) is 11.5 Å². The van der Waals surface area contributed by atoms with E-state index in [1.54, 1.807) is 6.07 Å². The Morgan fingerprint density at radius 3 is 2.80 bits per heavy atom. The number of hydrogen-bond donors (Lipinski definition) is 3. The number of aromatic carboxylic acids is 1. The number of rotatable bonds is 4. The number of carbonyl (C=O) groups is 1. The molecule has 0 bridgehead atoms. The molecule has 0 saturated heterocycles. The van der Waals surface area contributed by atoms with Crippen molar-refractivity contribution >= 4 is 33.4 Å². The third kappa shape index (κ3) is 3.24. The molecule has 0 atom stereocenters. The van der Waals surface area contributed by atoms with E-state index in [1.165, 1.54) is 18.2 Å². The van der Waals surface area contributed by atoms with Gasteiger partial charge in [0.05, 0.1) is 11.3 Å². The van der Waals surface area contributed by atoms with Gasteiger partial charge in [0.15, 0.2) is 0 Å². The van der Waals surface area contributed by atoms with E-state index in [1.807, 2.05) is 6.92 Å². The van der Waals surface area contributed by atoms with Crippen LogP contribution in [0.1, 0.15) is 23.1 Å². The fourth-order valence-electron chi connectivity index (χ4n) is 1.63. The van der Waals surface area contributed by atoms with Crippen LogP contribution in [0, 0.1) is 0 Å². The molecule has 0 aliphatic rings. The fraction of sp³-hybridized carbons (Fsp3) is 0.154. The number of benzene rings is 1. The summed E-state index contributed by atoms with van der Waals surface area (Å²) < 4.78 is 0.581. The second-order valence-electron chi connectivity index (χ2n) is 4.06. The van der Waals surface area contributed by atoms with E-state index in [0.29, 0.717) is 28.2 Å². The number of halogens is 1. The molecule has 1 aromatic carbocycles. The zero-order valence-corrected chi connectivity index (χ0v) is 12.2. The summed E-state index contributed by atoms with van der Waals surface area (Å²) in [6, 6.07) is 5.92. The summed E-state index contributed by atoms with van der Waals surface area (Å²) in [6.07, 6.45) is 0.615. The van der Waals surface area contributed by atoms with Gasteiger partial charge in [-0.2, -0.15) is 0 Å². The van der Waals surface area contributed by atoms with E-state index in [4.69, 9.17) is 5.11 Å². The molecule has 0 aliphatic heterocycles. The zero-order chi connectivity index (χ0) is 14.7. The molecule has 0 aliphatic carbocycles. The van der Waals surface area contributed by atoms with Crippen molar-refractivity contribution in [3.63, 3.8) is 0 Å². The summed E-state index contributed by atoms with van der Waals surface area (Å²) in [5, 5.41) is 11.9. The first-order chi connectivity index (χ1) is 9.49. The second kappa shape index (κ2) is 5.87. The zero-order valence-electron chi connectivity index (χ0n) is 10.6. The van der Waals surface area contributed by atoms with Crippen molar-refractivity contribution in [1.82, 2.24) is 9.97 Å². The van der Waals surface area contributed by atoms with Gasteiger partial charge in [-0.15, -0.1) is 0 Å². The van der Waals surface area contributed by atoms with Gasteiger partial charge in [-0.3, -0.25) is 4.79 Å². The Bertz CT molecular complexity index is 712. The van der Waals surface area contributed by atoms with Crippen molar-refractivity contribution in [3.8, 4) is 0 Å². The highest BCUT2D eigenvalue weighted by atomic mass is 79.9. The summed E-state index contributed by atoms with van der Waals surface area (Å²) in [7, 11) is 0.